The number of nitrogens with one attached hydrogen (secondary N) is 1. The van der Waals surface area contributed by atoms with E-state index >= 15 is 0 Å². The summed E-state index contributed by atoms with van der Waals surface area (Å²) in [6.45, 7) is -0.236. The molecule has 2 aromatic heterocycles. The van der Waals surface area contributed by atoms with Crippen molar-refractivity contribution in [2.75, 3.05) is 11.9 Å². The first-order chi connectivity index (χ1) is 18.1. The van der Waals surface area contributed by atoms with Crippen molar-refractivity contribution in [2.24, 2.45) is 0 Å². The highest BCUT2D eigenvalue weighted by molar-refractivity contribution is 5.99. The topological polar surface area (TPSA) is 80.4 Å². The summed E-state index contributed by atoms with van der Waals surface area (Å²) < 4.78 is 20.8. The summed E-state index contributed by atoms with van der Waals surface area (Å²) >= 11 is 0. The number of rotatable bonds is 8. The molecule has 184 valence electrons. The van der Waals surface area contributed by atoms with Gasteiger partial charge in [0, 0.05) is 17.2 Å². The van der Waals surface area contributed by atoms with Gasteiger partial charge in [0.15, 0.2) is 0 Å². The molecule has 0 radical (unpaired) electrons. The standard InChI is InChI=1S/C29H23FN4O3/c30-23-12-7-11-22(17-23)29(36)33(19-25-15-8-16-37-25)20-28(35)31-27-18-26(21-9-3-1-4-10-21)32-34(27)24-13-5-2-6-14-24/h1-18H,19-20H2,(H,31,35). The maximum Gasteiger partial charge on any atom is 0.254 e. The molecule has 0 saturated heterocycles. The van der Waals surface area contributed by atoms with E-state index in [2.05, 4.69) is 5.32 Å². The predicted octanol–water partition coefficient (Wildman–Crippen LogP) is 5.55. The van der Waals surface area contributed by atoms with Crippen molar-refractivity contribution in [3.63, 3.8) is 0 Å². The summed E-state index contributed by atoms with van der Waals surface area (Å²) in [5.41, 5.74) is 2.49. The Bertz CT molecular complexity index is 1500. The molecule has 0 aliphatic rings. The van der Waals surface area contributed by atoms with Gasteiger partial charge in [-0.1, -0.05) is 54.6 Å². The van der Waals surface area contributed by atoms with E-state index in [4.69, 9.17) is 9.52 Å². The maximum absolute atomic E-state index is 13.8. The number of benzene rings is 3. The van der Waals surface area contributed by atoms with Crippen molar-refractivity contribution in [1.82, 2.24) is 14.7 Å². The summed E-state index contributed by atoms with van der Waals surface area (Å²) in [7, 11) is 0. The van der Waals surface area contributed by atoms with Crippen LogP contribution < -0.4 is 5.32 Å². The molecular weight excluding hydrogens is 471 g/mol. The largest absolute Gasteiger partial charge is 0.467 e. The number of nitrogens with zero attached hydrogens (tertiary/aromatic N) is 3. The third-order valence-corrected chi connectivity index (χ3v) is 5.67. The molecule has 2 heterocycles. The van der Waals surface area contributed by atoms with Crippen LogP contribution >= 0.6 is 0 Å². The number of carbonyl (C=O) groups excluding carboxylic acids is 2. The smallest absolute Gasteiger partial charge is 0.254 e. The lowest BCUT2D eigenvalue weighted by Crippen LogP contribution is -2.37. The highest BCUT2D eigenvalue weighted by Crippen LogP contribution is 2.25. The summed E-state index contributed by atoms with van der Waals surface area (Å²) in [5.74, 6) is -0.515. The Labute approximate surface area is 212 Å². The first-order valence-electron chi connectivity index (χ1n) is 11.6. The van der Waals surface area contributed by atoms with Gasteiger partial charge in [-0.05, 0) is 42.5 Å². The lowest BCUT2D eigenvalue weighted by molar-refractivity contribution is -0.117. The van der Waals surface area contributed by atoms with Crippen LogP contribution in [0.3, 0.4) is 0 Å². The predicted molar refractivity (Wildman–Crippen MR) is 137 cm³/mol. The Morgan fingerprint density at radius 2 is 1.65 bits per heavy atom. The molecular formula is C29H23FN4O3. The Kier molecular flexibility index (Phi) is 6.89. The Morgan fingerprint density at radius 3 is 2.35 bits per heavy atom. The fourth-order valence-corrected chi connectivity index (χ4v) is 3.94. The van der Waals surface area contributed by atoms with Crippen LogP contribution in [0.1, 0.15) is 16.1 Å². The summed E-state index contributed by atoms with van der Waals surface area (Å²) in [6, 6.07) is 29.6. The van der Waals surface area contributed by atoms with Gasteiger partial charge >= 0.3 is 0 Å². The second-order valence-electron chi connectivity index (χ2n) is 8.33. The van der Waals surface area contributed by atoms with Crippen LogP contribution in [0.15, 0.2) is 114 Å². The molecule has 0 fully saturated rings. The number of furan rings is 1. The van der Waals surface area contributed by atoms with Crippen molar-refractivity contribution in [3.05, 3.63) is 127 Å². The maximum atomic E-state index is 13.8. The van der Waals surface area contributed by atoms with Gasteiger partial charge in [0.1, 0.15) is 23.9 Å². The zero-order valence-corrected chi connectivity index (χ0v) is 19.8. The highest BCUT2D eigenvalue weighted by Gasteiger charge is 2.22. The second kappa shape index (κ2) is 10.7. The van der Waals surface area contributed by atoms with Crippen molar-refractivity contribution in [3.8, 4) is 16.9 Å². The van der Waals surface area contributed by atoms with E-state index in [1.54, 1.807) is 22.9 Å². The summed E-state index contributed by atoms with van der Waals surface area (Å²) in [4.78, 5) is 27.8. The van der Waals surface area contributed by atoms with Crippen LogP contribution in [0.4, 0.5) is 10.2 Å². The normalized spacial score (nSPS) is 10.7. The number of anilines is 1. The lowest BCUT2D eigenvalue weighted by atomic mass is 10.1. The molecule has 5 aromatic rings. The van der Waals surface area contributed by atoms with E-state index in [1.165, 1.54) is 29.4 Å². The van der Waals surface area contributed by atoms with Crippen LogP contribution in [0.5, 0.6) is 0 Å². The Hall–Kier alpha value is -4.98. The molecule has 0 spiro atoms. The SMILES string of the molecule is O=C(CN(Cc1ccco1)C(=O)c1cccc(F)c1)Nc1cc(-c2ccccc2)nn1-c1ccccc1. The fourth-order valence-electron chi connectivity index (χ4n) is 3.94. The van der Waals surface area contributed by atoms with E-state index in [0.29, 0.717) is 17.3 Å². The Balaban J connectivity index is 1.42. The average Bonchev–Trinajstić information content (AvgIpc) is 3.59. The van der Waals surface area contributed by atoms with E-state index in [-0.39, 0.29) is 18.7 Å². The van der Waals surface area contributed by atoms with Gasteiger partial charge in [-0.15, -0.1) is 0 Å². The van der Waals surface area contributed by atoms with Crippen molar-refractivity contribution in [2.45, 2.75) is 6.54 Å². The quantitative estimate of drug-likeness (QED) is 0.307. The van der Waals surface area contributed by atoms with E-state index in [1.807, 2.05) is 60.7 Å². The molecule has 0 saturated carbocycles. The number of amides is 2. The van der Waals surface area contributed by atoms with Gasteiger partial charge in [-0.25, -0.2) is 9.07 Å². The molecule has 0 unspecified atom stereocenters. The number of hydrogen-bond donors (Lipinski definition) is 1. The molecule has 5 rings (SSSR count). The van der Waals surface area contributed by atoms with Gasteiger partial charge in [-0.2, -0.15) is 5.10 Å². The minimum Gasteiger partial charge on any atom is -0.467 e. The molecule has 1 N–H and O–H groups in total. The monoisotopic (exact) mass is 494 g/mol. The lowest BCUT2D eigenvalue weighted by Gasteiger charge is -2.21. The van der Waals surface area contributed by atoms with Crippen LogP contribution in [0.2, 0.25) is 0 Å². The van der Waals surface area contributed by atoms with Gasteiger partial charge in [0.2, 0.25) is 5.91 Å². The van der Waals surface area contributed by atoms with Gasteiger partial charge in [-0.3, -0.25) is 9.59 Å². The zero-order chi connectivity index (χ0) is 25.6. The number of halogens is 1. The number of carbonyl (C=O) groups is 2. The second-order valence-corrected chi connectivity index (χ2v) is 8.33. The molecule has 8 heteroatoms. The third kappa shape index (κ3) is 5.65. The zero-order valence-electron chi connectivity index (χ0n) is 19.8. The van der Waals surface area contributed by atoms with Crippen LogP contribution in [0, 0.1) is 5.82 Å². The van der Waals surface area contributed by atoms with Crippen molar-refractivity contribution >= 4 is 17.6 Å². The minimum atomic E-state index is -0.534. The third-order valence-electron chi connectivity index (χ3n) is 5.67. The molecule has 2 amide bonds. The van der Waals surface area contributed by atoms with Crippen LogP contribution in [0.25, 0.3) is 16.9 Å². The molecule has 3 aromatic carbocycles. The molecule has 37 heavy (non-hydrogen) atoms. The van der Waals surface area contributed by atoms with E-state index in [0.717, 1.165) is 17.3 Å². The minimum absolute atomic E-state index is 0.0446. The summed E-state index contributed by atoms with van der Waals surface area (Å²) in [5, 5.41) is 7.59. The van der Waals surface area contributed by atoms with E-state index < -0.39 is 17.6 Å². The number of hydrogen-bond acceptors (Lipinski definition) is 4. The van der Waals surface area contributed by atoms with Crippen molar-refractivity contribution in [1.29, 1.82) is 0 Å². The highest BCUT2D eigenvalue weighted by atomic mass is 19.1. The molecule has 7 nitrogen and oxygen atoms in total. The summed E-state index contributed by atoms with van der Waals surface area (Å²) in [6.07, 6.45) is 1.49. The van der Waals surface area contributed by atoms with Gasteiger partial charge < -0.3 is 14.6 Å². The van der Waals surface area contributed by atoms with Gasteiger partial charge in [0.05, 0.1) is 24.2 Å². The average molecular weight is 495 g/mol. The molecule has 0 aliphatic heterocycles. The first-order valence-corrected chi connectivity index (χ1v) is 11.6. The fraction of sp³-hybridized carbons (Fsp3) is 0.0690. The number of para-hydroxylation sites is 1. The van der Waals surface area contributed by atoms with Crippen LogP contribution in [-0.4, -0.2) is 33.0 Å². The van der Waals surface area contributed by atoms with Crippen LogP contribution in [-0.2, 0) is 11.3 Å². The van der Waals surface area contributed by atoms with E-state index in [9.17, 15) is 14.0 Å². The number of aromatic nitrogens is 2. The molecule has 0 bridgehead atoms. The van der Waals surface area contributed by atoms with Gasteiger partial charge in [0.25, 0.3) is 5.91 Å². The first kappa shape index (κ1) is 23.7. The molecule has 0 aliphatic carbocycles. The van der Waals surface area contributed by atoms with Crippen molar-refractivity contribution < 1.29 is 18.4 Å². The Morgan fingerprint density at radius 1 is 0.892 bits per heavy atom. The molecule has 0 atom stereocenters.